The summed E-state index contributed by atoms with van der Waals surface area (Å²) >= 11 is 7.69. The molecule has 0 bridgehead atoms. The van der Waals surface area contributed by atoms with E-state index in [1.165, 1.54) is 6.42 Å². The second-order valence-corrected chi connectivity index (χ2v) is 13.0. The number of hydrogen-bond acceptors (Lipinski definition) is 7. The second-order valence-electron chi connectivity index (χ2n) is 11.6. The predicted octanol–water partition coefficient (Wildman–Crippen LogP) is 8.12. The van der Waals surface area contributed by atoms with Crippen molar-refractivity contribution in [1.29, 1.82) is 0 Å². The summed E-state index contributed by atoms with van der Waals surface area (Å²) in [5.41, 5.74) is 6.44. The van der Waals surface area contributed by atoms with Gasteiger partial charge in [-0.3, -0.25) is 9.78 Å². The van der Waals surface area contributed by atoms with Crippen LogP contribution in [-0.2, 0) is 11.2 Å². The first kappa shape index (κ1) is 29.8. The average molecular weight is 601 g/mol. The molecule has 0 aliphatic heterocycles. The van der Waals surface area contributed by atoms with Gasteiger partial charge in [0.25, 0.3) is 0 Å². The zero-order valence-electron chi connectivity index (χ0n) is 24.1. The van der Waals surface area contributed by atoms with Gasteiger partial charge in [0.2, 0.25) is 0 Å². The average Bonchev–Trinajstić information content (AvgIpc) is 3.32. The molecule has 9 heteroatoms. The minimum Gasteiger partial charge on any atom is -0.481 e. The van der Waals surface area contributed by atoms with Gasteiger partial charge in [-0.05, 0) is 87.6 Å². The van der Waals surface area contributed by atoms with Crippen LogP contribution < -0.4 is 0 Å². The van der Waals surface area contributed by atoms with Gasteiger partial charge >= 0.3 is 5.97 Å². The number of hydrogen-bond donors (Lipinski definition) is 2. The predicted molar refractivity (Wildman–Crippen MR) is 169 cm³/mol. The van der Waals surface area contributed by atoms with E-state index in [0.29, 0.717) is 10.9 Å². The summed E-state index contributed by atoms with van der Waals surface area (Å²) in [4.78, 5) is 30.4. The van der Waals surface area contributed by atoms with Gasteiger partial charge in [0.05, 0.1) is 27.9 Å². The van der Waals surface area contributed by atoms with E-state index >= 15 is 0 Å². The van der Waals surface area contributed by atoms with Crippen molar-refractivity contribution in [2.24, 2.45) is 0 Å². The third-order valence-electron chi connectivity index (χ3n) is 6.92. The van der Waals surface area contributed by atoms with Crippen LogP contribution in [0.3, 0.4) is 0 Å². The molecular formula is C33H33ClN4O3S. The van der Waals surface area contributed by atoms with Crippen molar-refractivity contribution in [1.82, 2.24) is 19.9 Å². The SMILES string of the molecule is CC(C)(C)O.Cc1cc2nc(-c3ccnc(-c4cnc(C5CCC5)nc4)c3)sc2c(-c2ccc(Cl)cc2)c1CC(=O)O. The molecule has 1 aliphatic carbocycles. The Morgan fingerprint density at radius 1 is 1.00 bits per heavy atom. The number of aliphatic carboxylic acids is 1. The third kappa shape index (κ3) is 7.01. The number of aliphatic hydroxyl groups is 1. The van der Waals surface area contributed by atoms with Crippen LogP contribution in [-0.4, -0.2) is 41.7 Å². The summed E-state index contributed by atoms with van der Waals surface area (Å²) in [6.07, 6.45) is 8.99. The number of thiazole rings is 1. The van der Waals surface area contributed by atoms with E-state index in [4.69, 9.17) is 21.7 Å². The fraction of sp³-hybridized carbons (Fsp3) is 0.303. The standard InChI is InChI=1S/C29H23ClN4O2S.C4H10O/c1-16-11-24-27(26(22(16)13-25(35)36)17-5-7-21(30)8-6-17)37-29(34-24)19-9-10-31-23(12-19)20-14-32-28(33-15-20)18-3-2-4-18;1-4(2,3)5/h5-12,14-15,18H,2-4,13H2,1H3,(H,35,36);5H,1-3H3. The molecule has 216 valence electrons. The summed E-state index contributed by atoms with van der Waals surface area (Å²) in [7, 11) is 0. The van der Waals surface area contributed by atoms with Gasteiger partial charge in [0.15, 0.2) is 0 Å². The van der Waals surface area contributed by atoms with Gasteiger partial charge in [-0.15, -0.1) is 11.3 Å². The molecule has 7 nitrogen and oxygen atoms in total. The highest BCUT2D eigenvalue weighted by molar-refractivity contribution is 7.22. The molecule has 3 heterocycles. The highest BCUT2D eigenvalue weighted by Crippen LogP contribution is 2.41. The molecule has 1 fully saturated rings. The Kier molecular flexibility index (Phi) is 8.68. The summed E-state index contributed by atoms with van der Waals surface area (Å²) in [5.74, 6) is 0.534. The summed E-state index contributed by atoms with van der Waals surface area (Å²) in [6, 6.07) is 13.4. The van der Waals surface area contributed by atoms with Gasteiger partial charge < -0.3 is 10.2 Å². The Hall–Kier alpha value is -3.72. The first-order chi connectivity index (χ1) is 20.0. The monoisotopic (exact) mass is 600 g/mol. The quantitative estimate of drug-likeness (QED) is 0.202. The summed E-state index contributed by atoms with van der Waals surface area (Å²) in [6.45, 7) is 7.17. The third-order valence-corrected chi connectivity index (χ3v) is 8.31. The first-order valence-corrected chi connectivity index (χ1v) is 15.1. The Bertz CT molecular complexity index is 1720. The minimum atomic E-state index is -0.869. The molecule has 1 aliphatic rings. The zero-order valence-corrected chi connectivity index (χ0v) is 25.6. The number of fused-ring (bicyclic) bond motifs is 1. The molecule has 0 spiro atoms. The van der Waals surface area contributed by atoms with Crippen molar-refractivity contribution >= 4 is 39.1 Å². The fourth-order valence-electron chi connectivity index (χ4n) is 4.73. The molecule has 6 rings (SSSR count). The van der Waals surface area contributed by atoms with Crippen LogP contribution in [0.2, 0.25) is 5.02 Å². The molecule has 0 unspecified atom stereocenters. The molecule has 0 saturated heterocycles. The first-order valence-electron chi connectivity index (χ1n) is 13.9. The van der Waals surface area contributed by atoms with Gasteiger partial charge in [0.1, 0.15) is 10.8 Å². The van der Waals surface area contributed by atoms with Crippen molar-refractivity contribution in [2.45, 2.75) is 64.9 Å². The smallest absolute Gasteiger partial charge is 0.307 e. The largest absolute Gasteiger partial charge is 0.481 e. The highest BCUT2D eigenvalue weighted by atomic mass is 35.5. The zero-order chi connectivity index (χ0) is 30.0. The number of pyridine rings is 1. The number of carboxylic acids is 1. The maximum Gasteiger partial charge on any atom is 0.307 e. The molecule has 1 saturated carbocycles. The van der Waals surface area contributed by atoms with Crippen LogP contribution in [0.4, 0.5) is 0 Å². The maximum atomic E-state index is 11.7. The molecule has 3 aromatic heterocycles. The van der Waals surface area contributed by atoms with Crippen molar-refractivity contribution in [3.63, 3.8) is 0 Å². The van der Waals surface area contributed by atoms with E-state index in [0.717, 1.165) is 73.0 Å². The van der Waals surface area contributed by atoms with Crippen LogP contribution in [0.1, 0.15) is 62.9 Å². The van der Waals surface area contributed by atoms with Crippen LogP contribution in [0.15, 0.2) is 61.1 Å². The Labute approximate surface area is 254 Å². The van der Waals surface area contributed by atoms with Crippen LogP contribution in [0, 0.1) is 6.92 Å². The molecule has 0 amide bonds. The Morgan fingerprint density at radius 3 is 2.26 bits per heavy atom. The lowest BCUT2D eigenvalue weighted by molar-refractivity contribution is -0.136. The van der Waals surface area contributed by atoms with E-state index in [2.05, 4.69) is 15.0 Å². The lowest BCUT2D eigenvalue weighted by Crippen LogP contribution is -2.12. The lowest BCUT2D eigenvalue weighted by Gasteiger charge is -2.23. The topological polar surface area (TPSA) is 109 Å². The number of aromatic nitrogens is 4. The molecular weight excluding hydrogens is 568 g/mol. The van der Waals surface area contributed by atoms with E-state index in [1.54, 1.807) is 38.3 Å². The van der Waals surface area contributed by atoms with Crippen molar-refractivity contribution in [3.05, 3.63) is 83.0 Å². The summed E-state index contributed by atoms with van der Waals surface area (Å²) < 4.78 is 0.950. The van der Waals surface area contributed by atoms with Crippen molar-refractivity contribution < 1.29 is 15.0 Å². The number of benzene rings is 2. The lowest BCUT2D eigenvalue weighted by atomic mass is 9.85. The van der Waals surface area contributed by atoms with E-state index < -0.39 is 11.6 Å². The molecule has 42 heavy (non-hydrogen) atoms. The summed E-state index contributed by atoms with van der Waals surface area (Å²) in [5, 5.41) is 19.6. The van der Waals surface area contributed by atoms with Gasteiger partial charge in [-0.1, -0.05) is 30.2 Å². The maximum absolute atomic E-state index is 11.7. The van der Waals surface area contributed by atoms with E-state index in [-0.39, 0.29) is 6.42 Å². The van der Waals surface area contributed by atoms with Gasteiger partial charge in [0, 0.05) is 46.2 Å². The van der Waals surface area contributed by atoms with Gasteiger partial charge in [-0.2, -0.15) is 0 Å². The second kappa shape index (κ2) is 12.3. The fourth-order valence-corrected chi connectivity index (χ4v) is 5.99. The normalized spacial score (nSPS) is 13.4. The Balaban J connectivity index is 0.000000652. The number of carbonyl (C=O) groups is 1. The number of carboxylic acid groups (broad SMARTS) is 1. The van der Waals surface area contributed by atoms with Crippen molar-refractivity contribution in [2.75, 3.05) is 0 Å². The minimum absolute atomic E-state index is 0.0662. The van der Waals surface area contributed by atoms with Crippen LogP contribution in [0.5, 0.6) is 0 Å². The van der Waals surface area contributed by atoms with Crippen LogP contribution in [0.25, 0.3) is 43.2 Å². The molecule has 0 atom stereocenters. The van der Waals surface area contributed by atoms with Crippen LogP contribution >= 0.6 is 22.9 Å². The van der Waals surface area contributed by atoms with E-state index in [1.807, 2.05) is 61.8 Å². The number of halogens is 1. The number of nitrogens with zero attached hydrogens (tertiary/aromatic N) is 4. The molecule has 2 aromatic carbocycles. The van der Waals surface area contributed by atoms with E-state index in [9.17, 15) is 9.90 Å². The molecule has 5 aromatic rings. The highest BCUT2D eigenvalue weighted by Gasteiger charge is 2.22. The molecule has 2 N–H and O–H groups in total. The number of rotatable bonds is 6. The van der Waals surface area contributed by atoms with Crippen molar-refractivity contribution in [3.8, 4) is 33.0 Å². The number of aryl methyl sites for hydroxylation is 1. The van der Waals surface area contributed by atoms with Gasteiger partial charge in [-0.25, -0.2) is 15.0 Å². The Morgan fingerprint density at radius 2 is 1.67 bits per heavy atom. The molecule has 0 radical (unpaired) electrons.